The van der Waals surface area contributed by atoms with Crippen molar-refractivity contribution in [2.75, 3.05) is 18.6 Å². The summed E-state index contributed by atoms with van der Waals surface area (Å²) in [5.74, 6) is -1.66. The number of nitrogens with zero attached hydrogens (tertiary/aromatic N) is 2. The second-order valence-corrected chi connectivity index (χ2v) is 6.05. The fourth-order valence-electron chi connectivity index (χ4n) is 2.96. The van der Waals surface area contributed by atoms with Crippen molar-refractivity contribution in [2.45, 2.75) is 19.9 Å². The number of benzene rings is 2. The standard InChI is InChI=1S/C20H19FN2O3/c1-3-26-20(25)19-18(24)11-15-16(22-19)9-14(21)10-17(15)23(2)12-13-7-5-4-6-8-13/h4-10H,3,11-12H2,1-2H3. The van der Waals surface area contributed by atoms with E-state index >= 15 is 0 Å². The lowest BCUT2D eigenvalue weighted by Crippen LogP contribution is -2.31. The van der Waals surface area contributed by atoms with Gasteiger partial charge in [-0.25, -0.2) is 14.2 Å². The lowest BCUT2D eigenvalue weighted by molar-refractivity contribution is -0.135. The van der Waals surface area contributed by atoms with E-state index in [1.807, 2.05) is 42.3 Å². The summed E-state index contributed by atoms with van der Waals surface area (Å²) in [6.45, 7) is 2.35. The van der Waals surface area contributed by atoms with Gasteiger partial charge in [-0.05, 0) is 24.6 Å². The summed E-state index contributed by atoms with van der Waals surface area (Å²) >= 11 is 0. The van der Waals surface area contributed by atoms with Gasteiger partial charge >= 0.3 is 5.97 Å². The van der Waals surface area contributed by atoms with E-state index < -0.39 is 17.6 Å². The van der Waals surface area contributed by atoms with Crippen molar-refractivity contribution in [3.63, 3.8) is 0 Å². The topological polar surface area (TPSA) is 59.0 Å². The van der Waals surface area contributed by atoms with Gasteiger partial charge in [0.15, 0.2) is 11.5 Å². The Morgan fingerprint density at radius 1 is 1.27 bits per heavy atom. The van der Waals surface area contributed by atoms with E-state index in [4.69, 9.17) is 4.74 Å². The van der Waals surface area contributed by atoms with Crippen molar-refractivity contribution in [3.05, 3.63) is 59.4 Å². The third kappa shape index (κ3) is 3.64. The monoisotopic (exact) mass is 354 g/mol. The van der Waals surface area contributed by atoms with Crippen LogP contribution in [0, 0.1) is 5.82 Å². The third-order valence-electron chi connectivity index (χ3n) is 4.14. The lowest BCUT2D eigenvalue weighted by Gasteiger charge is -2.25. The molecule has 0 N–H and O–H groups in total. The zero-order chi connectivity index (χ0) is 18.7. The van der Waals surface area contributed by atoms with Crippen LogP contribution in [0.15, 0.2) is 47.5 Å². The predicted molar refractivity (Wildman–Crippen MR) is 97.4 cm³/mol. The molecule has 0 atom stereocenters. The second-order valence-electron chi connectivity index (χ2n) is 6.05. The van der Waals surface area contributed by atoms with E-state index in [2.05, 4.69) is 4.99 Å². The number of esters is 1. The van der Waals surface area contributed by atoms with E-state index in [-0.39, 0.29) is 18.7 Å². The molecule has 5 nitrogen and oxygen atoms in total. The van der Waals surface area contributed by atoms with Crippen LogP contribution in [0.25, 0.3) is 0 Å². The highest BCUT2D eigenvalue weighted by atomic mass is 19.1. The molecule has 0 fully saturated rings. The molecule has 2 aromatic carbocycles. The maximum absolute atomic E-state index is 14.1. The summed E-state index contributed by atoms with van der Waals surface area (Å²) in [4.78, 5) is 30.2. The molecule has 0 aromatic heterocycles. The van der Waals surface area contributed by atoms with Crippen LogP contribution in [0.1, 0.15) is 18.1 Å². The van der Waals surface area contributed by atoms with Gasteiger partial charge < -0.3 is 9.64 Å². The summed E-state index contributed by atoms with van der Waals surface area (Å²) in [5.41, 5.74) is 2.28. The number of fused-ring (bicyclic) bond motifs is 1. The number of halogens is 1. The van der Waals surface area contributed by atoms with E-state index in [1.54, 1.807) is 6.92 Å². The van der Waals surface area contributed by atoms with Crippen molar-refractivity contribution in [1.29, 1.82) is 0 Å². The van der Waals surface area contributed by atoms with Gasteiger partial charge in [0.05, 0.1) is 12.3 Å². The van der Waals surface area contributed by atoms with Gasteiger partial charge in [0.1, 0.15) is 5.82 Å². The van der Waals surface area contributed by atoms with Crippen molar-refractivity contribution in [3.8, 4) is 0 Å². The van der Waals surface area contributed by atoms with Crippen LogP contribution < -0.4 is 4.90 Å². The minimum absolute atomic E-state index is 0.0122. The first-order valence-electron chi connectivity index (χ1n) is 8.36. The van der Waals surface area contributed by atoms with E-state index in [0.717, 1.165) is 5.56 Å². The Morgan fingerprint density at radius 2 is 2.00 bits per heavy atom. The molecule has 26 heavy (non-hydrogen) atoms. The lowest BCUT2D eigenvalue weighted by atomic mass is 9.97. The Bertz CT molecular complexity index is 878. The molecule has 0 saturated carbocycles. The first-order chi connectivity index (χ1) is 12.5. The van der Waals surface area contributed by atoms with Gasteiger partial charge in [-0.1, -0.05) is 30.3 Å². The molecular formula is C20H19FN2O3. The average molecular weight is 354 g/mol. The van der Waals surface area contributed by atoms with Crippen LogP contribution in [0.3, 0.4) is 0 Å². The normalized spacial score (nSPS) is 13.0. The minimum Gasteiger partial charge on any atom is -0.461 e. The van der Waals surface area contributed by atoms with Crippen LogP contribution in [0.4, 0.5) is 15.8 Å². The van der Waals surface area contributed by atoms with E-state index in [9.17, 15) is 14.0 Å². The Labute approximate surface area is 151 Å². The number of ketones is 1. The number of Topliss-reactive ketones (excluding diaryl/α,β-unsaturated/α-hetero) is 1. The number of carbonyl (C=O) groups excluding carboxylic acids is 2. The molecule has 6 heteroatoms. The minimum atomic E-state index is -0.772. The van der Waals surface area contributed by atoms with Crippen molar-refractivity contribution < 1.29 is 18.7 Å². The van der Waals surface area contributed by atoms with Crippen molar-refractivity contribution in [1.82, 2.24) is 0 Å². The molecule has 3 rings (SSSR count). The molecule has 0 unspecified atom stereocenters. The van der Waals surface area contributed by atoms with Gasteiger partial charge in [-0.15, -0.1) is 0 Å². The van der Waals surface area contributed by atoms with Crippen molar-refractivity contribution >= 4 is 28.8 Å². The third-order valence-corrected chi connectivity index (χ3v) is 4.14. The number of hydrogen-bond donors (Lipinski definition) is 0. The maximum Gasteiger partial charge on any atom is 0.360 e. The fourth-order valence-corrected chi connectivity index (χ4v) is 2.96. The zero-order valence-electron chi connectivity index (χ0n) is 14.7. The molecule has 1 aliphatic rings. The Balaban J connectivity index is 1.98. The van der Waals surface area contributed by atoms with Crippen LogP contribution in [0.2, 0.25) is 0 Å². The number of anilines is 1. The number of aliphatic imine (C=N–C) groups is 1. The largest absolute Gasteiger partial charge is 0.461 e. The first kappa shape index (κ1) is 17.8. The molecule has 1 heterocycles. The van der Waals surface area contributed by atoms with E-state index in [0.29, 0.717) is 23.5 Å². The highest BCUT2D eigenvalue weighted by Gasteiger charge is 2.29. The van der Waals surface area contributed by atoms with Crippen LogP contribution >= 0.6 is 0 Å². The Kier molecular flexibility index (Phi) is 5.11. The summed E-state index contributed by atoms with van der Waals surface area (Å²) in [7, 11) is 1.83. The highest BCUT2D eigenvalue weighted by Crippen LogP contribution is 2.35. The fraction of sp³-hybridized carbons (Fsp3) is 0.250. The molecule has 0 aliphatic carbocycles. The molecule has 0 radical (unpaired) electrons. The predicted octanol–water partition coefficient (Wildman–Crippen LogP) is 3.22. The van der Waals surface area contributed by atoms with Crippen LogP contribution in [0.5, 0.6) is 0 Å². The molecule has 0 amide bonds. The van der Waals surface area contributed by atoms with Crippen LogP contribution in [-0.2, 0) is 27.3 Å². The van der Waals surface area contributed by atoms with Gasteiger partial charge in [-0.2, -0.15) is 0 Å². The number of carbonyl (C=O) groups is 2. The quantitative estimate of drug-likeness (QED) is 0.774. The molecule has 1 aliphatic heterocycles. The van der Waals surface area contributed by atoms with Crippen molar-refractivity contribution in [2.24, 2.45) is 4.99 Å². The number of hydrogen-bond acceptors (Lipinski definition) is 5. The molecule has 2 aromatic rings. The second kappa shape index (κ2) is 7.47. The first-order valence-corrected chi connectivity index (χ1v) is 8.36. The molecule has 0 bridgehead atoms. The Hall–Kier alpha value is -3.02. The summed E-state index contributed by atoms with van der Waals surface area (Å²) in [5, 5.41) is 0. The smallest absolute Gasteiger partial charge is 0.360 e. The number of rotatable bonds is 5. The summed E-state index contributed by atoms with van der Waals surface area (Å²) in [6.07, 6.45) is -0.0122. The molecular weight excluding hydrogens is 335 g/mol. The van der Waals surface area contributed by atoms with Gasteiger partial charge in [-0.3, -0.25) is 4.79 Å². The SMILES string of the molecule is CCOC(=O)C1=Nc2cc(F)cc(N(C)Cc3ccccc3)c2CC1=O. The number of ether oxygens (including phenoxy) is 1. The Morgan fingerprint density at radius 3 is 2.69 bits per heavy atom. The van der Waals surface area contributed by atoms with Gasteiger partial charge in [0.25, 0.3) is 0 Å². The summed E-state index contributed by atoms with van der Waals surface area (Å²) in [6, 6.07) is 12.4. The van der Waals surface area contributed by atoms with Gasteiger partial charge in [0.2, 0.25) is 0 Å². The average Bonchev–Trinajstić information content (AvgIpc) is 2.62. The molecule has 134 valence electrons. The molecule has 0 saturated heterocycles. The van der Waals surface area contributed by atoms with Crippen LogP contribution in [-0.4, -0.2) is 31.1 Å². The molecule has 0 spiro atoms. The zero-order valence-corrected chi connectivity index (χ0v) is 14.7. The highest BCUT2D eigenvalue weighted by molar-refractivity contribution is 6.65. The maximum atomic E-state index is 14.1. The summed E-state index contributed by atoms with van der Waals surface area (Å²) < 4.78 is 19.0. The van der Waals surface area contributed by atoms with E-state index in [1.165, 1.54) is 12.1 Å². The van der Waals surface area contributed by atoms with Gasteiger partial charge in [0, 0.05) is 31.3 Å².